The third-order valence-electron chi connectivity index (χ3n) is 4.46. The van der Waals surface area contributed by atoms with Crippen molar-refractivity contribution in [1.82, 2.24) is 9.80 Å². The summed E-state index contributed by atoms with van der Waals surface area (Å²) < 4.78 is 0. The summed E-state index contributed by atoms with van der Waals surface area (Å²) in [4.78, 5) is 4.87. The summed E-state index contributed by atoms with van der Waals surface area (Å²) in [6.07, 6.45) is 2.98. The molecule has 0 aliphatic carbocycles. The van der Waals surface area contributed by atoms with Crippen molar-refractivity contribution in [1.29, 1.82) is 0 Å². The van der Waals surface area contributed by atoms with Crippen molar-refractivity contribution < 1.29 is 0 Å². The van der Waals surface area contributed by atoms with Gasteiger partial charge in [0.05, 0.1) is 0 Å². The van der Waals surface area contributed by atoms with Crippen molar-refractivity contribution in [2.24, 2.45) is 0 Å². The minimum absolute atomic E-state index is 0.927. The molecule has 2 nitrogen and oxygen atoms in total. The Morgan fingerprint density at radius 3 is 1.17 bits per heavy atom. The standard InChI is InChI=1S/C21H26N2/c1-5-18-12-19(6-2)15-22(14-18)10-9-11-23-16-20(7-3)13-21(8-4)17-23/h1-4,9-17H2. The summed E-state index contributed by atoms with van der Waals surface area (Å²) in [6.45, 7) is 21.1. The van der Waals surface area contributed by atoms with Crippen LogP contribution in [0.5, 0.6) is 0 Å². The molecule has 2 fully saturated rings. The quantitative estimate of drug-likeness (QED) is 0.732. The summed E-state index contributed by atoms with van der Waals surface area (Å²) in [5, 5.41) is 0. The Bertz CT molecular complexity index is 546. The molecule has 0 amide bonds. The van der Waals surface area contributed by atoms with E-state index in [9.17, 15) is 0 Å². The maximum Gasteiger partial charge on any atom is 0.0275 e. The van der Waals surface area contributed by atoms with Gasteiger partial charge in [0.1, 0.15) is 0 Å². The van der Waals surface area contributed by atoms with Crippen LogP contribution in [0.15, 0.2) is 71.5 Å². The topological polar surface area (TPSA) is 6.48 Å². The lowest BCUT2D eigenvalue weighted by molar-refractivity contribution is 0.249. The number of rotatable bonds is 4. The molecular formula is C21H26N2. The minimum atomic E-state index is 0.927. The second-order valence-electron chi connectivity index (χ2n) is 6.25. The molecule has 0 spiro atoms. The van der Waals surface area contributed by atoms with E-state index in [0.29, 0.717) is 0 Å². The van der Waals surface area contributed by atoms with E-state index < -0.39 is 0 Å². The Balaban J connectivity index is 1.86. The molecule has 2 rings (SSSR count). The molecule has 120 valence electrons. The van der Waals surface area contributed by atoms with Gasteiger partial charge in [0.25, 0.3) is 0 Å². The molecule has 0 unspecified atom stereocenters. The van der Waals surface area contributed by atoms with Gasteiger partial charge in [-0.3, -0.25) is 9.80 Å². The van der Waals surface area contributed by atoms with E-state index in [1.54, 1.807) is 0 Å². The third kappa shape index (κ3) is 5.00. The van der Waals surface area contributed by atoms with Gasteiger partial charge >= 0.3 is 0 Å². The van der Waals surface area contributed by atoms with Crippen LogP contribution in [0.2, 0.25) is 0 Å². The van der Waals surface area contributed by atoms with Crippen molar-refractivity contribution >= 4 is 0 Å². The fourth-order valence-electron chi connectivity index (χ4n) is 3.24. The van der Waals surface area contributed by atoms with Gasteiger partial charge in [-0.25, -0.2) is 0 Å². The van der Waals surface area contributed by atoms with Gasteiger partial charge in [-0.1, -0.05) is 26.3 Å². The van der Waals surface area contributed by atoms with Crippen LogP contribution in [0.1, 0.15) is 19.3 Å². The third-order valence-corrected chi connectivity index (χ3v) is 4.46. The van der Waals surface area contributed by atoms with Crippen LogP contribution < -0.4 is 0 Å². The second kappa shape index (κ2) is 8.59. The average Bonchev–Trinajstić information content (AvgIpc) is 2.60. The minimum Gasteiger partial charge on any atom is -0.294 e. The molecule has 0 atom stereocenters. The smallest absolute Gasteiger partial charge is 0.0275 e. The molecule has 2 aliphatic rings. The van der Waals surface area contributed by atoms with Gasteiger partial charge in [-0.2, -0.15) is 0 Å². The van der Waals surface area contributed by atoms with Crippen molar-refractivity contribution in [2.45, 2.75) is 19.3 Å². The summed E-state index contributed by atoms with van der Waals surface area (Å²) in [7, 11) is 0. The van der Waals surface area contributed by atoms with Crippen LogP contribution in [0.3, 0.4) is 0 Å². The first-order valence-electron chi connectivity index (χ1n) is 8.14. The van der Waals surface area contributed by atoms with Gasteiger partial charge in [0.2, 0.25) is 0 Å². The van der Waals surface area contributed by atoms with Gasteiger partial charge in [-0.05, 0) is 28.7 Å². The van der Waals surface area contributed by atoms with E-state index in [4.69, 9.17) is 0 Å². The van der Waals surface area contributed by atoms with E-state index in [2.05, 4.69) is 59.0 Å². The Labute approximate surface area is 140 Å². The normalized spacial score (nSPS) is 19.8. The largest absolute Gasteiger partial charge is 0.294 e. The van der Waals surface area contributed by atoms with E-state index in [1.165, 1.54) is 22.3 Å². The van der Waals surface area contributed by atoms with Crippen molar-refractivity contribution in [2.75, 3.05) is 39.3 Å². The highest BCUT2D eigenvalue weighted by Gasteiger charge is 2.20. The molecule has 0 saturated carbocycles. The fraction of sp³-hybridized carbons (Fsp3) is 0.429. The summed E-state index contributed by atoms with van der Waals surface area (Å²) >= 11 is 0. The van der Waals surface area contributed by atoms with Crippen LogP contribution >= 0.6 is 0 Å². The molecule has 2 saturated heterocycles. The maximum atomic E-state index is 3.79. The maximum absolute atomic E-state index is 3.79. The number of likely N-dealkylation sites (tertiary alicyclic amines) is 2. The van der Waals surface area contributed by atoms with Crippen molar-refractivity contribution in [3.8, 4) is 0 Å². The molecule has 2 heteroatoms. The first kappa shape index (κ1) is 17.4. The predicted octanol–water partition coefficient (Wildman–Crippen LogP) is 3.63. The van der Waals surface area contributed by atoms with Gasteiger partial charge in [-0.15, -0.1) is 22.9 Å². The zero-order valence-electron chi connectivity index (χ0n) is 14.1. The Morgan fingerprint density at radius 1 is 0.609 bits per heavy atom. The Kier molecular flexibility index (Phi) is 6.48. The number of hydrogen-bond donors (Lipinski definition) is 0. The molecule has 0 aromatic heterocycles. The van der Waals surface area contributed by atoms with Crippen LogP contribution in [0, 0.1) is 0 Å². The van der Waals surface area contributed by atoms with Gasteiger partial charge < -0.3 is 0 Å². The average molecular weight is 306 g/mol. The van der Waals surface area contributed by atoms with E-state index in [-0.39, 0.29) is 0 Å². The van der Waals surface area contributed by atoms with Crippen LogP contribution in [0.4, 0.5) is 0 Å². The second-order valence-corrected chi connectivity index (χ2v) is 6.25. The summed E-state index contributed by atoms with van der Waals surface area (Å²) in [5.41, 5.74) is 17.2. The fourth-order valence-corrected chi connectivity index (χ4v) is 3.24. The number of hydrogen-bond acceptors (Lipinski definition) is 2. The van der Waals surface area contributed by atoms with Gasteiger partial charge in [0, 0.05) is 52.1 Å². The molecular weight excluding hydrogens is 280 g/mol. The molecule has 2 aliphatic heterocycles. The van der Waals surface area contributed by atoms with E-state index in [0.717, 1.165) is 58.5 Å². The van der Waals surface area contributed by atoms with Crippen LogP contribution in [0.25, 0.3) is 0 Å². The molecule has 0 aromatic rings. The molecule has 0 radical (unpaired) electrons. The number of nitrogens with zero attached hydrogens (tertiary/aromatic N) is 2. The van der Waals surface area contributed by atoms with E-state index in [1.807, 2.05) is 0 Å². The van der Waals surface area contributed by atoms with Crippen LogP contribution in [-0.4, -0.2) is 49.1 Å². The summed E-state index contributed by atoms with van der Waals surface area (Å²) in [5.74, 6) is 0. The first-order chi connectivity index (χ1) is 11.2. The highest BCUT2D eigenvalue weighted by Crippen LogP contribution is 2.21. The SMILES string of the molecule is C=C=C1CC(=C=C)CN(CCCN2CC(=C=C)CC(=C=C)C2)C1. The molecule has 0 N–H and O–H groups in total. The predicted molar refractivity (Wildman–Crippen MR) is 97.3 cm³/mol. The highest BCUT2D eigenvalue weighted by molar-refractivity contribution is 5.21. The number of piperidine rings is 2. The van der Waals surface area contributed by atoms with Crippen LogP contribution in [-0.2, 0) is 0 Å². The molecule has 0 aromatic carbocycles. The van der Waals surface area contributed by atoms with E-state index >= 15 is 0 Å². The highest BCUT2D eigenvalue weighted by atomic mass is 15.2. The zero-order chi connectivity index (χ0) is 16.7. The monoisotopic (exact) mass is 306 g/mol. The summed E-state index contributed by atoms with van der Waals surface area (Å²) in [6, 6.07) is 0. The lowest BCUT2D eigenvalue weighted by Crippen LogP contribution is -2.37. The van der Waals surface area contributed by atoms with Crippen molar-refractivity contribution in [3.63, 3.8) is 0 Å². The Hall–Kier alpha value is -2.00. The Morgan fingerprint density at radius 2 is 0.913 bits per heavy atom. The first-order valence-corrected chi connectivity index (χ1v) is 8.14. The van der Waals surface area contributed by atoms with Gasteiger partial charge in [0.15, 0.2) is 0 Å². The lowest BCUT2D eigenvalue weighted by atomic mass is 10.00. The lowest BCUT2D eigenvalue weighted by Gasteiger charge is -2.32. The zero-order valence-corrected chi connectivity index (χ0v) is 14.1. The van der Waals surface area contributed by atoms with Crippen molar-refractivity contribution in [3.05, 3.63) is 71.5 Å². The molecule has 23 heavy (non-hydrogen) atoms. The molecule has 0 bridgehead atoms. The molecule has 2 heterocycles.